The van der Waals surface area contributed by atoms with Gasteiger partial charge in [-0.3, -0.25) is 4.55 Å². The molecule has 0 saturated carbocycles. The van der Waals surface area contributed by atoms with Gasteiger partial charge < -0.3 is 0 Å². The average Bonchev–Trinajstić information content (AvgIpc) is 1.31. The Labute approximate surface area is 76.3 Å². The van der Waals surface area contributed by atoms with Crippen molar-refractivity contribution in [2.45, 2.75) is 11.5 Å². The summed E-state index contributed by atoms with van der Waals surface area (Å²) < 4.78 is 26.6. The summed E-state index contributed by atoms with van der Waals surface area (Å²) in [6, 6.07) is 0. The van der Waals surface area contributed by atoms with Crippen molar-refractivity contribution in [1.82, 2.24) is 0 Å². The second-order valence-corrected chi connectivity index (χ2v) is 3.98. The standard InChI is InChI=1S/C2H6O3S2.Na.H/c1-2(6)7(3,4)5;;/h2,6H,1H3,(H,3,4,5);;. The first-order chi connectivity index (χ1) is 2.94. The molecule has 0 rings (SSSR count). The molecule has 3 nitrogen and oxygen atoms in total. The van der Waals surface area contributed by atoms with E-state index in [0.29, 0.717) is 0 Å². The van der Waals surface area contributed by atoms with Crippen LogP contribution in [0.15, 0.2) is 0 Å². The summed E-state index contributed by atoms with van der Waals surface area (Å²) in [6.45, 7) is 1.28. The summed E-state index contributed by atoms with van der Waals surface area (Å²) in [7, 11) is -3.88. The Morgan fingerprint density at radius 1 is 1.62 bits per heavy atom. The zero-order chi connectivity index (χ0) is 6.08. The van der Waals surface area contributed by atoms with Crippen molar-refractivity contribution in [3.8, 4) is 0 Å². The number of hydrogen-bond acceptors (Lipinski definition) is 3. The quantitative estimate of drug-likeness (QED) is 0.314. The third kappa shape index (κ3) is 5.40. The molecule has 0 amide bonds. The van der Waals surface area contributed by atoms with Crippen LogP contribution < -0.4 is 0 Å². The third-order valence-electron chi connectivity index (χ3n) is 0.431. The Bertz CT molecular complexity index is 137. The van der Waals surface area contributed by atoms with Crippen LogP contribution in [0.1, 0.15) is 6.92 Å². The van der Waals surface area contributed by atoms with E-state index in [1.807, 2.05) is 0 Å². The molecular weight excluding hydrogens is 159 g/mol. The summed E-state index contributed by atoms with van der Waals surface area (Å²) >= 11 is 3.44. The van der Waals surface area contributed by atoms with E-state index >= 15 is 0 Å². The van der Waals surface area contributed by atoms with Crippen molar-refractivity contribution in [2.24, 2.45) is 0 Å². The Morgan fingerprint density at radius 3 is 1.75 bits per heavy atom. The van der Waals surface area contributed by atoms with Crippen LogP contribution in [0.2, 0.25) is 0 Å². The van der Waals surface area contributed by atoms with Gasteiger partial charge in [0.1, 0.15) is 4.58 Å². The molecule has 1 unspecified atom stereocenters. The molecule has 0 spiro atoms. The molecule has 0 aliphatic rings. The molecule has 0 aliphatic heterocycles. The number of rotatable bonds is 1. The van der Waals surface area contributed by atoms with Crippen molar-refractivity contribution >= 4 is 52.3 Å². The minimum atomic E-state index is -3.88. The molecule has 0 aromatic carbocycles. The molecule has 0 saturated heterocycles. The molecule has 0 fully saturated rings. The second kappa shape index (κ2) is 4.14. The molecule has 0 radical (unpaired) electrons. The molecule has 1 N–H and O–H groups in total. The minimum absolute atomic E-state index is 0. The van der Waals surface area contributed by atoms with Crippen LogP contribution in [0.3, 0.4) is 0 Å². The van der Waals surface area contributed by atoms with Gasteiger partial charge in [0.25, 0.3) is 10.1 Å². The van der Waals surface area contributed by atoms with E-state index in [0.717, 1.165) is 0 Å². The fourth-order valence-corrected chi connectivity index (χ4v) is 0. The molecule has 0 bridgehead atoms. The van der Waals surface area contributed by atoms with Crippen LogP contribution in [-0.2, 0) is 10.1 Å². The van der Waals surface area contributed by atoms with Gasteiger partial charge in [0.15, 0.2) is 0 Å². The maximum atomic E-state index is 9.81. The van der Waals surface area contributed by atoms with Crippen LogP contribution >= 0.6 is 12.6 Å². The van der Waals surface area contributed by atoms with E-state index in [-0.39, 0.29) is 29.6 Å². The van der Waals surface area contributed by atoms with Gasteiger partial charge in [-0.15, -0.1) is 0 Å². The molecule has 46 valence electrons. The zero-order valence-electron chi connectivity index (χ0n) is 3.70. The monoisotopic (exact) mass is 166 g/mol. The molecule has 0 aromatic rings. The predicted molar refractivity (Wildman–Crippen MR) is 37.1 cm³/mol. The van der Waals surface area contributed by atoms with Gasteiger partial charge in [-0.05, 0) is 6.92 Å². The molecule has 1 atom stereocenters. The number of thiol groups is 1. The molecular formula is C2H7NaO3S2. The Kier molecular flexibility index (Phi) is 6.20. The van der Waals surface area contributed by atoms with Crippen LogP contribution in [-0.4, -0.2) is 47.1 Å². The van der Waals surface area contributed by atoms with Crippen molar-refractivity contribution in [1.29, 1.82) is 0 Å². The second-order valence-electron chi connectivity index (χ2n) is 1.11. The Morgan fingerprint density at radius 2 is 1.75 bits per heavy atom. The Hall–Kier alpha value is 1.26. The van der Waals surface area contributed by atoms with E-state index in [4.69, 9.17) is 4.55 Å². The summed E-state index contributed by atoms with van der Waals surface area (Å²) in [5.41, 5.74) is 0. The van der Waals surface area contributed by atoms with Gasteiger partial charge >= 0.3 is 29.6 Å². The van der Waals surface area contributed by atoms with Crippen LogP contribution in [0.4, 0.5) is 0 Å². The Balaban J connectivity index is 0. The summed E-state index contributed by atoms with van der Waals surface area (Å²) in [5, 5.41) is 0. The summed E-state index contributed by atoms with van der Waals surface area (Å²) in [6.07, 6.45) is 0. The molecule has 0 aromatic heterocycles. The first-order valence-corrected chi connectivity index (χ1v) is 3.61. The van der Waals surface area contributed by atoms with Gasteiger partial charge in [0.2, 0.25) is 0 Å². The predicted octanol–water partition coefficient (Wildman–Crippen LogP) is -0.498. The van der Waals surface area contributed by atoms with Crippen molar-refractivity contribution in [2.75, 3.05) is 0 Å². The maximum absolute atomic E-state index is 9.81. The first kappa shape index (κ1) is 12.0. The molecule has 8 heavy (non-hydrogen) atoms. The summed E-state index contributed by atoms with van der Waals surface area (Å²) in [5.74, 6) is 0. The van der Waals surface area contributed by atoms with Crippen LogP contribution in [0.25, 0.3) is 0 Å². The fourth-order valence-electron chi connectivity index (χ4n) is 0. The fraction of sp³-hybridized carbons (Fsp3) is 1.00. The number of hydrogen-bond donors (Lipinski definition) is 2. The van der Waals surface area contributed by atoms with E-state index in [1.54, 1.807) is 0 Å². The van der Waals surface area contributed by atoms with Crippen molar-refractivity contribution < 1.29 is 13.0 Å². The van der Waals surface area contributed by atoms with Gasteiger partial charge in [0.05, 0.1) is 0 Å². The van der Waals surface area contributed by atoms with E-state index in [2.05, 4.69) is 12.6 Å². The first-order valence-electron chi connectivity index (χ1n) is 1.59. The van der Waals surface area contributed by atoms with Crippen LogP contribution in [0, 0.1) is 0 Å². The van der Waals surface area contributed by atoms with Gasteiger partial charge in [-0.25, -0.2) is 0 Å². The molecule has 6 heteroatoms. The SMILES string of the molecule is CC(S)S(=O)(=O)O.[NaH]. The summed E-state index contributed by atoms with van der Waals surface area (Å²) in [4.78, 5) is 0. The zero-order valence-corrected chi connectivity index (χ0v) is 5.41. The normalized spacial score (nSPS) is 14.4. The molecule has 0 heterocycles. The van der Waals surface area contributed by atoms with Gasteiger partial charge in [-0.2, -0.15) is 21.0 Å². The average molecular weight is 166 g/mol. The van der Waals surface area contributed by atoms with Gasteiger partial charge in [0, 0.05) is 0 Å². The topological polar surface area (TPSA) is 54.4 Å². The van der Waals surface area contributed by atoms with Crippen molar-refractivity contribution in [3.05, 3.63) is 0 Å². The van der Waals surface area contributed by atoms with E-state index < -0.39 is 14.7 Å². The van der Waals surface area contributed by atoms with Crippen LogP contribution in [0.5, 0.6) is 0 Å². The molecule has 0 aliphatic carbocycles. The van der Waals surface area contributed by atoms with E-state index in [9.17, 15) is 8.42 Å². The third-order valence-corrected chi connectivity index (χ3v) is 2.09. The van der Waals surface area contributed by atoms with Crippen molar-refractivity contribution in [3.63, 3.8) is 0 Å². The van der Waals surface area contributed by atoms with Gasteiger partial charge in [-0.1, -0.05) is 0 Å². The van der Waals surface area contributed by atoms with E-state index in [1.165, 1.54) is 6.92 Å².